The molecule has 0 unspecified atom stereocenters. The maximum atomic E-state index is 12.9. The molecule has 0 aliphatic carbocycles. The Balaban J connectivity index is 1.57. The summed E-state index contributed by atoms with van der Waals surface area (Å²) in [6.07, 6.45) is 1.42. The predicted octanol–water partition coefficient (Wildman–Crippen LogP) is -0.377. The van der Waals surface area contributed by atoms with Crippen molar-refractivity contribution >= 4 is 17.1 Å². The summed E-state index contributed by atoms with van der Waals surface area (Å²) in [5.41, 5.74) is 0.562. The first kappa shape index (κ1) is 21.0. The molecule has 2 aromatic heterocycles. The standard InChI is InChI=1S/C21H26N6O4/c1-24-19-18(20(29)25(2)21(24)30)27(14-22-19)13-17(28)23-16(15-6-4-3-5-7-15)12-26-8-10-31-11-9-26/h3-7,14,16H,8-13H2,1-2H3,(H,23,28)/t16-/m0/s1. The molecule has 1 amide bonds. The van der Waals surface area contributed by atoms with Crippen LogP contribution in [0.5, 0.6) is 0 Å². The second-order valence-electron chi connectivity index (χ2n) is 7.69. The zero-order valence-corrected chi connectivity index (χ0v) is 17.7. The molecular weight excluding hydrogens is 400 g/mol. The van der Waals surface area contributed by atoms with Gasteiger partial charge in [0.2, 0.25) is 5.91 Å². The summed E-state index contributed by atoms with van der Waals surface area (Å²) in [5, 5.41) is 3.10. The van der Waals surface area contributed by atoms with E-state index in [-0.39, 0.29) is 29.7 Å². The van der Waals surface area contributed by atoms with E-state index in [0.717, 1.165) is 23.2 Å². The van der Waals surface area contributed by atoms with E-state index in [4.69, 9.17) is 4.74 Å². The van der Waals surface area contributed by atoms with Crippen molar-refractivity contribution in [3.63, 3.8) is 0 Å². The fourth-order valence-electron chi connectivity index (χ4n) is 3.87. The van der Waals surface area contributed by atoms with Crippen molar-refractivity contribution in [2.45, 2.75) is 12.6 Å². The number of hydrogen-bond acceptors (Lipinski definition) is 6. The minimum atomic E-state index is -0.476. The van der Waals surface area contributed by atoms with E-state index in [1.54, 1.807) is 7.05 Å². The lowest BCUT2D eigenvalue weighted by Crippen LogP contribution is -2.44. The lowest BCUT2D eigenvalue weighted by Gasteiger charge is -2.31. The zero-order valence-electron chi connectivity index (χ0n) is 17.7. The van der Waals surface area contributed by atoms with Gasteiger partial charge in [0, 0.05) is 33.7 Å². The van der Waals surface area contributed by atoms with Crippen LogP contribution in [0.15, 0.2) is 46.2 Å². The number of amides is 1. The quantitative estimate of drug-likeness (QED) is 0.577. The lowest BCUT2D eigenvalue weighted by atomic mass is 10.1. The van der Waals surface area contributed by atoms with Gasteiger partial charge in [-0.25, -0.2) is 9.78 Å². The van der Waals surface area contributed by atoms with E-state index in [1.807, 2.05) is 30.3 Å². The van der Waals surface area contributed by atoms with E-state index in [1.165, 1.54) is 22.5 Å². The number of nitrogens with zero attached hydrogens (tertiary/aromatic N) is 5. The molecule has 0 bridgehead atoms. The van der Waals surface area contributed by atoms with E-state index in [0.29, 0.717) is 19.8 Å². The van der Waals surface area contributed by atoms with Crippen LogP contribution in [-0.4, -0.2) is 62.3 Å². The Morgan fingerprint density at radius 2 is 1.84 bits per heavy atom. The van der Waals surface area contributed by atoms with E-state index in [9.17, 15) is 14.4 Å². The number of hydrogen-bond donors (Lipinski definition) is 1. The zero-order chi connectivity index (χ0) is 22.0. The number of nitrogens with one attached hydrogen (secondary N) is 1. The largest absolute Gasteiger partial charge is 0.379 e. The van der Waals surface area contributed by atoms with Gasteiger partial charge in [-0.15, -0.1) is 0 Å². The summed E-state index contributed by atoms with van der Waals surface area (Å²) in [6.45, 7) is 3.58. The van der Waals surface area contributed by atoms with Gasteiger partial charge in [-0.1, -0.05) is 30.3 Å². The number of rotatable bonds is 6. The molecule has 1 saturated heterocycles. The Kier molecular flexibility index (Phi) is 6.01. The molecule has 3 aromatic rings. The number of aromatic nitrogens is 4. The SMILES string of the molecule is Cn1c(=O)c2c(ncn2CC(=O)N[C@@H](CN2CCOCC2)c2ccccc2)n(C)c1=O. The first-order valence-electron chi connectivity index (χ1n) is 10.2. The number of benzene rings is 1. The topological polar surface area (TPSA) is 103 Å². The van der Waals surface area contributed by atoms with Crippen LogP contribution in [0.1, 0.15) is 11.6 Å². The van der Waals surface area contributed by atoms with E-state index >= 15 is 0 Å². The fraction of sp³-hybridized carbons (Fsp3) is 0.429. The van der Waals surface area contributed by atoms with Gasteiger partial charge in [0.15, 0.2) is 11.2 Å². The fourth-order valence-corrected chi connectivity index (χ4v) is 3.87. The Bertz CT molecular complexity index is 1190. The van der Waals surface area contributed by atoms with Crippen molar-refractivity contribution in [1.82, 2.24) is 28.9 Å². The molecule has 1 aliphatic rings. The maximum Gasteiger partial charge on any atom is 0.332 e. The van der Waals surface area contributed by atoms with Crippen molar-refractivity contribution in [2.24, 2.45) is 14.1 Å². The highest BCUT2D eigenvalue weighted by molar-refractivity contribution is 5.79. The van der Waals surface area contributed by atoms with Crippen LogP contribution in [-0.2, 0) is 30.2 Å². The molecular formula is C21H26N6O4. The Labute approximate surface area is 178 Å². The molecule has 1 aromatic carbocycles. The Morgan fingerprint density at radius 1 is 1.13 bits per heavy atom. The smallest absolute Gasteiger partial charge is 0.332 e. The second-order valence-corrected chi connectivity index (χ2v) is 7.69. The molecule has 0 radical (unpaired) electrons. The molecule has 0 spiro atoms. The van der Waals surface area contributed by atoms with Gasteiger partial charge < -0.3 is 14.6 Å². The Morgan fingerprint density at radius 3 is 2.55 bits per heavy atom. The summed E-state index contributed by atoms with van der Waals surface area (Å²) in [6, 6.07) is 9.61. The minimum absolute atomic E-state index is 0.0730. The normalized spacial score (nSPS) is 15.8. The lowest BCUT2D eigenvalue weighted by molar-refractivity contribution is -0.122. The summed E-state index contributed by atoms with van der Waals surface area (Å²) in [5.74, 6) is -0.239. The van der Waals surface area contributed by atoms with Gasteiger partial charge in [0.05, 0.1) is 25.6 Å². The van der Waals surface area contributed by atoms with Gasteiger partial charge in [0.25, 0.3) is 5.56 Å². The molecule has 164 valence electrons. The molecule has 1 aliphatic heterocycles. The summed E-state index contributed by atoms with van der Waals surface area (Å²) in [4.78, 5) is 44.1. The van der Waals surface area contributed by atoms with Crippen LogP contribution in [0.2, 0.25) is 0 Å². The molecule has 4 rings (SSSR count). The predicted molar refractivity (Wildman–Crippen MR) is 115 cm³/mol. The molecule has 1 fully saturated rings. The van der Waals surface area contributed by atoms with Crippen LogP contribution < -0.4 is 16.6 Å². The summed E-state index contributed by atoms with van der Waals surface area (Å²) >= 11 is 0. The van der Waals surface area contributed by atoms with Gasteiger partial charge in [-0.3, -0.25) is 23.6 Å². The van der Waals surface area contributed by atoms with Crippen molar-refractivity contribution in [2.75, 3.05) is 32.8 Å². The second kappa shape index (κ2) is 8.86. The van der Waals surface area contributed by atoms with Crippen molar-refractivity contribution in [3.05, 3.63) is 63.1 Å². The average Bonchev–Trinajstić information content (AvgIpc) is 3.20. The number of aryl methyl sites for hydroxylation is 1. The van der Waals surface area contributed by atoms with Crippen LogP contribution in [0.4, 0.5) is 0 Å². The molecule has 10 heteroatoms. The summed E-state index contributed by atoms with van der Waals surface area (Å²) < 4.78 is 9.23. The van der Waals surface area contributed by atoms with Gasteiger partial charge >= 0.3 is 5.69 Å². The highest BCUT2D eigenvalue weighted by Gasteiger charge is 2.21. The monoisotopic (exact) mass is 426 g/mol. The van der Waals surface area contributed by atoms with Gasteiger partial charge in [-0.05, 0) is 5.56 Å². The van der Waals surface area contributed by atoms with Crippen LogP contribution in [0.25, 0.3) is 11.2 Å². The third-order valence-electron chi connectivity index (χ3n) is 5.61. The molecule has 3 heterocycles. The van der Waals surface area contributed by atoms with E-state index < -0.39 is 11.2 Å². The van der Waals surface area contributed by atoms with Crippen molar-refractivity contribution in [1.29, 1.82) is 0 Å². The van der Waals surface area contributed by atoms with Crippen molar-refractivity contribution in [3.8, 4) is 0 Å². The first-order chi connectivity index (χ1) is 15.0. The average molecular weight is 426 g/mol. The molecule has 0 saturated carbocycles. The summed E-state index contributed by atoms with van der Waals surface area (Å²) in [7, 11) is 2.96. The number of morpholine rings is 1. The minimum Gasteiger partial charge on any atom is -0.379 e. The third kappa shape index (κ3) is 4.30. The third-order valence-corrected chi connectivity index (χ3v) is 5.61. The van der Waals surface area contributed by atoms with E-state index in [2.05, 4.69) is 15.2 Å². The molecule has 1 N–H and O–H groups in total. The van der Waals surface area contributed by atoms with Crippen molar-refractivity contribution < 1.29 is 9.53 Å². The molecule has 31 heavy (non-hydrogen) atoms. The highest BCUT2D eigenvalue weighted by atomic mass is 16.5. The number of ether oxygens (including phenoxy) is 1. The number of fused-ring (bicyclic) bond motifs is 1. The maximum absolute atomic E-state index is 12.9. The molecule has 10 nitrogen and oxygen atoms in total. The number of carbonyl (C=O) groups excluding carboxylic acids is 1. The van der Waals surface area contributed by atoms with Gasteiger partial charge in [-0.2, -0.15) is 0 Å². The highest BCUT2D eigenvalue weighted by Crippen LogP contribution is 2.16. The first-order valence-corrected chi connectivity index (χ1v) is 10.2. The van der Waals surface area contributed by atoms with Gasteiger partial charge in [0.1, 0.15) is 6.54 Å². The number of carbonyl (C=O) groups is 1. The van der Waals surface area contributed by atoms with Crippen LogP contribution in [0, 0.1) is 0 Å². The molecule has 1 atom stereocenters. The Hall–Kier alpha value is -3.24. The number of imidazole rings is 1. The van der Waals surface area contributed by atoms with Crippen LogP contribution in [0.3, 0.4) is 0 Å². The van der Waals surface area contributed by atoms with Crippen LogP contribution >= 0.6 is 0 Å².